The largest absolute Gasteiger partial charge is 0.381 e. The molecule has 0 amide bonds. The fourth-order valence-corrected chi connectivity index (χ4v) is 4.08. The first-order valence-corrected chi connectivity index (χ1v) is 9.56. The third-order valence-electron chi connectivity index (χ3n) is 3.30. The maximum absolute atomic E-state index is 12.2. The van der Waals surface area contributed by atoms with Crippen molar-refractivity contribution in [1.29, 1.82) is 0 Å². The summed E-state index contributed by atoms with van der Waals surface area (Å²) in [7, 11) is -4.12. The van der Waals surface area contributed by atoms with Crippen molar-refractivity contribution in [3.05, 3.63) is 60.2 Å². The quantitative estimate of drug-likeness (QED) is 0.632. The summed E-state index contributed by atoms with van der Waals surface area (Å²) in [4.78, 5) is 22.0. The van der Waals surface area contributed by atoms with E-state index in [0.717, 1.165) is 16.9 Å². The number of para-hydroxylation sites is 1. The maximum atomic E-state index is 12.2. The first-order valence-electron chi connectivity index (χ1n) is 7.26. The van der Waals surface area contributed by atoms with Gasteiger partial charge in [0.25, 0.3) is 10.0 Å². The van der Waals surface area contributed by atoms with Crippen molar-refractivity contribution in [3.8, 4) is 0 Å². The molecule has 0 aliphatic carbocycles. The number of sulfonamides is 1. The lowest BCUT2D eigenvalue weighted by Crippen LogP contribution is -2.34. The van der Waals surface area contributed by atoms with Crippen LogP contribution < -0.4 is 4.89 Å². The minimum atomic E-state index is -4.12. The molecule has 25 heavy (non-hydrogen) atoms. The van der Waals surface area contributed by atoms with Crippen molar-refractivity contribution in [1.82, 2.24) is 9.87 Å². The van der Waals surface area contributed by atoms with Gasteiger partial charge in [-0.2, -0.15) is 0 Å². The molecule has 0 aliphatic heterocycles. The van der Waals surface area contributed by atoms with Crippen LogP contribution in [0.1, 0.15) is 5.56 Å². The summed E-state index contributed by atoms with van der Waals surface area (Å²) < 4.78 is 24.8. The van der Waals surface area contributed by atoms with Gasteiger partial charge in [-0.3, -0.25) is 0 Å². The molecule has 0 radical (unpaired) electrons. The van der Waals surface area contributed by atoms with Crippen molar-refractivity contribution < 1.29 is 23.2 Å². The molecule has 3 aromatic rings. The zero-order valence-corrected chi connectivity index (χ0v) is 14.5. The zero-order valence-electron chi connectivity index (χ0n) is 12.8. The van der Waals surface area contributed by atoms with Gasteiger partial charge in [0.15, 0.2) is 6.10 Å². The maximum Gasteiger partial charge on any atom is 0.354 e. The van der Waals surface area contributed by atoms with E-state index in [1.807, 2.05) is 0 Å². The molecular formula is C16H14N2O5S2. The third-order valence-corrected chi connectivity index (χ3v) is 5.89. The first-order chi connectivity index (χ1) is 12.0. The second-order valence-corrected chi connectivity index (χ2v) is 8.01. The topological polar surface area (TPSA) is 106 Å². The van der Waals surface area contributed by atoms with Crippen LogP contribution in [0.5, 0.6) is 0 Å². The SMILES string of the molecule is O=C(ONS(=O)(=O)c1nc2ccccc2s1)[C@H](O)Cc1ccccc1. The first kappa shape index (κ1) is 17.5. The number of carbonyl (C=O) groups is 1. The highest BCUT2D eigenvalue weighted by Gasteiger charge is 2.24. The third kappa shape index (κ3) is 4.20. The minimum absolute atomic E-state index is 0.0164. The number of nitrogens with zero attached hydrogens (tertiary/aromatic N) is 1. The Morgan fingerprint density at radius 3 is 2.56 bits per heavy atom. The van der Waals surface area contributed by atoms with E-state index < -0.39 is 22.1 Å². The van der Waals surface area contributed by atoms with Crippen molar-refractivity contribution in [2.24, 2.45) is 0 Å². The molecule has 0 fully saturated rings. The number of hydrogen-bond acceptors (Lipinski definition) is 7. The summed E-state index contributed by atoms with van der Waals surface area (Å²) in [5.74, 6) is -1.09. The van der Waals surface area contributed by atoms with Crippen LogP contribution in [0.4, 0.5) is 0 Å². The fraction of sp³-hybridized carbons (Fsp3) is 0.125. The van der Waals surface area contributed by atoms with Crippen LogP contribution in [0.2, 0.25) is 0 Å². The van der Waals surface area contributed by atoms with Crippen molar-refractivity contribution in [2.45, 2.75) is 16.9 Å². The van der Waals surface area contributed by atoms with E-state index in [0.29, 0.717) is 10.2 Å². The van der Waals surface area contributed by atoms with Crippen molar-refractivity contribution in [3.63, 3.8) is 0 Å². The molecule has 1 heterocycles. The van der Waals surface area contributed by atoms with Crippen LogP contribution in [0, 0.1) is 0 Å². The molecule has 1 aromatic heterocycles. The number of benzene rings is 2. The monoisotopic (exact) mass is 378 g/mol. The average Bonchev–Trinajstić information content (AvgIpc) is 3.06. The predicted octanol–water partition coefficient (Wildman–Crippen LogP) is 1.64. The highest BCUT2D eigenvalue weighted by Crippen LogP contribution is 2.24. The normalized spacial score (nSPS) is 12.8. The van der Waals surface area contributed by atoms with Gasteiger partial charge in [-0.15, -0.1) is 11.3 Å². The van der Waals surface area contributed by atoms with Crippen LogP contribution >= 0.6 is 11.3 Å². The number of fused-ring (bicyclic) bond motifs is 1. The Morgan fingerprint density at radius 1 is 1.16 bits per heavy atom. The molecule has 130 valence electrons. The molecule has 0 bridgehead atoms. The molecule has 3 rings (SSSR count). The van der Waals surface area contributed by atoms with Gasteiger partial charge in [0.2, 0.25) is 4.34 Å². The van der Waals surface area contributed by atoms with Gasteiger partial charge in [0.05, 0.1) is 10.2 Å². The number of carbonyl (C=O) groups excluding carboxylic acids is 1. The van der Waals surface area contributed by atoms with Gasteiger partial charge in [-0.1, -0.05) is 42.5 Å². The van der Waals surface area contributed by atoms with Crippen LogP contribution in [0.3, 0.4) is 0 Å². The number of aliphatic hydroxyl groups is 1. The fourth-order valence-electron chi connectivity index (χ4n) is 2.09. The molecule has 2 N–H and O–H groups in total. The Balaban J connectivity index is 1.64. The molecule has 2 aromatic carbocycles. The summed E-state index contributed by atoms with van der Waals surface area (Å²) in [6.07, 6.45) is -1.47. The lowest BCUT2D eigenvalue weighted by molar-refractivity contribution is -0.157. The summed E-state index contributed by atoms with van der Waals surface area (Å²) in [5.41, 5.74) is 1.25. The minimum Gasteiger partial charge on any atom is -0.381 e. The van der Waals surface area contributed by atoms with E-state index in [1.54, 1.807) is 59.5 Å². The number of aromatic nitrogens is 1. The van der Waals surface area contributed by atoms with E-state index >= 15 is 0 Å². The average molecular weight is 378 g/mol. The molecule has 0 saturated heterocycles. The van der Waals surface area contributed by atoms with Gasteiger partial charge in [0, 0.05) is 6.42 Å². The highest BCUT2D eigenvalue weighted by molar-refractivity contribution is 7.91. The Kier molecular flexibility index (Phi) is 5.09. The van der Waals surface area contributed by atoms with Gasteiger partial charge < -0.3 is 9.94 Å². The van der Waals surface area contributed by atoms with E-state index in [9.17, 15) is 18.3 Å². The van der Waals surface area contributed by atoms with Gasteiger partial charge in [0.1, 0.15) is 0 Å². The highest BCUT2D eigenvalue weighted by atomic mass is 32.2. The van der Waals surface area contributed by atoms with Crippen LogP contribution in [0.15, 0.2) is 58.9 Å². The Morgan fingerprint density at radius 2 is 1.84 bits per heavy atom. The van der Waals surface area contributed by atoms with E-state index in [4.69, 9.17) is 0 Å². The van der Waals surface area contributed by atoms with Crippen molar-refractivity contribution >= 4 is 37.5 Å². The molecule has 0 aliphatic rings. The molecule has 9 heteroatoms. The standard InChI is InChI=1S/C16H14N2O5S2/c19-13(10-11-6-2-1-3-7-11)15(20)23-18-25(21,22)16-17-12-8-4-5-9-14(12)24-16/h1-9,13,18-19H,10H2/t13-/m1/s1. The second-order valence-electron chi connectivity index (χ2n) is 5.16. The van der Waals surface area contributed by atoms with Crippen LogP contribution in [-0.4, -0.2) is 30.6 Å². The molecule has 0 unspecified atom stereocenters. The van der Waals surface area contributed by atoms with E-state index in [1.165, 1.54) is 0 Å². The smallest absolute Gasteiger partial charge is 0.354 e. The predicted molar refractivity (Wildman–Crippen MR) is 92.2 cm³/mol. The Bertz CT molecular complexity index is 953. The van der Waals surface area contributed by atoms with E-state index in [-0.39, 0.29) is 10.8 Å². The summed E-state index contributed by atoms with van der Waals surface area (Å²) in [6, 6.07) is 15.7. The molecular weight excluding hydrogens is 364 g/mol. The van der Waals surface area contributed by atoms with Crippen LogP contribution in [0.25, 0.3) is 10.2 Å². The van der Waals surface area contributed by atoms with Crippen molar-refractivity contribution in [2.75, 3.05) is 0 Å². The number of nitrogens with one attached hydrogen (secondary N) is 1. The summed E-state index contributed by atoms with van der Waals surface area (Å²) in [5, 5.41) is 9.83. The molecule has 1 atom stereocenters. The molecule has 0 saturated carbocycles. The number of thiazole rings is 1. The van der Waals surface area contributed by atoms with Gasteiger partial charge >= 0.3 is 5.97 Å². The lowest BCUT2D eigenvalue weighted by atomic mass is 10.1. The van der Waals surface area contributed by atoms with Gasteiger partial charge in [-0.25, -0.2) is 18.2 Å². The molecule has 7 nitrogen and oxygen atoms in total. The number of aliphatic hydroxyl groups excluding tert-OH is 1. The van der Waals surface area contributed by atoms with Gasteiger partial charge in [-0.05, 0) is 22.6 Å². The van der Waals surface area contributed by atoms with E-state index in [2.05, 4.69) is 9.82 Å². The second kappa shape index (κ2) is 7.28. The number of rotatable bonds is 6. The lowest BCUT2D eigenvalue weighted by Gasteiger charge is -2.10. The van der Waals surface area contributed by atoms with Crippen LogP contribution in [-0.2, 0) is 26.1 Å². The molecule has 0 spiro atoms. The Hall–Kier alpha value is -2.33. The summed E-state index contributed by atoms with van der Waals surface area (Å²) in [6.45, 7) is 0. The summed E-state index contributed by atoms with van der Waals surface area (Å²) >= 11 is 0.952. The Labute approximate surface area is 147 Å². The zero-order chi connectivity index (χ0) is 17.9. The number of hydrogen-bond donors (Lipinski definition) is 2.